The summed E-state index contributed by atoms with van der Waals surface area (Å²) in [4.78, 5) is 26.8. The van der Waals surface area contributed by atoms with Gasteiger partial charge in [-0.05, 0) is 0 Å². The Labute approximate surface area is 116 Å². The molecule has 1 heterocycles. The molecule has 0 bridgehead atoms. The van der Waals surface area contributed by atoms with E-state index in [0.29, 0.717) is 9.08 Å². The van der Waals surface area contributed by atoms with E-state index in [4.69, 9.17) is 4.74 Å². The summed E-state index contributed by atoms with van der Waals surface area (Å²) in [5.74, 6) is -0.154. The Morgan fingerprint density at radius 2 is 1.95 bits per heavy atom. The van der Waals surface area contributed by atoms with Gasteiger partial charge in [0.05, 0.1) is 0 Å². The fourth-order valence-electron chi connectivity index (χ4n) is 1.43. The predicted molar refractivity (Wildman–Crippen MR) is 70.4 cm³/mol. The van der Waals surface area contributed by atoms with Crippen LogP contribution in [0, 0.1) is 0 Å². The summed E-state index contributed by atoms with van der Waals surface area (Å²) in [6, 6.07) is 7.29. The van der Waals surface area contributed by atoms with Crippen molar-refractivity contribution < 1.29 is 19.1 Å². The summed E-state index contributed by atoms with van der Waals surface area (Å²) in [5, 5.41) is 0. The summed E-state index contributed by atoms with van der Waals surface area (Å²) in [6.45, 7) is 0. The molecule has 98 valence electrons. The summed E-state index contributed by atoms with van der Waals surface area (Å²) < 4.78 is 10.7. The number of carbonyl (C=O) groups is 2. The number of hydrogen-bond acceptors (Lipinski definition) is 4. The topological polar surface area (TPSA) is 65.0 Å². The van der Waals surface area contributed by atoms with Crippen molar-refractivity contribution >= 4 is 31.4 Å². The van der Waals surface area contributed by atoms with Gasteiger partial charge in [0, 0.05) is 0 Å². The van der Waals surface area contributed by atoms with E-state index in [9.17, 15) is 9.59 Å². The Balaban J connectivity index is 2.19. The van der Waals surface area contributed by atoms with E-state index < -0.39 is 5.97 Å². The van der Waals surface area contributed by atoms with Gasteiger partial charge in [-0.2, -0.15) is 0 Å². The monoisotopic (exact) mass is 325 g/mol. The van der Waals surface area contributed by atoms with Gasteiger partial charge in [-0.25, -0.2) is 0 Å². The third-order valence-corrected chi connectivity index (χ3v) is 4.57. The Morgan fingerprint density at radius 3 is 2.53 bits per heavy atom. The van der Waals surface area contributed by atoms with Gasteiger partial charge < -0.3 is 0 Å². The molecule has 1 aliphatic rings. The van der Waals surface area contributed by atoms with Gasteiger partial charge in [0.1, 0.15) is 0 Å². The van der Waals surface area contributed by atoms with Crippen molar-refractivity contribution in [1.29, 1.82) is 0 Å². The van der Waals surface area contributed by atoms with E-state index in [2.05, 4.69) is 9.73 Å². The van der Waals surface area contributed by atoms with Crippen molar-refractivity contribution in [3.63, 3.8) is 0 Å². The molecule has 2 rings (SSSR count). The number of methoxy groups -OCH3 is 2. The summed E-state index contributed by atoms with van der Waals surface area (Å²) >= 11 is -0.278. The van der Waals surface area contributed by atoms with Gasteiger partial charge in [0.2, 0.25) is 0 Å². The van der Waals surface area contributed by atoms with Crippen molar-refractivity contribution in [2.75, 3.05) is 14.2 Å². The van der Waals surface area contributed by atoms with E-state index in [1.54, 1.807) is 19.2 Å². The average Bonchev–Trinajstić information content (AvgIpc) is 2.80. The van der Waals surface area contributed by atoms with Crippen LogP contribution in [0.5, 0.6) is 5.75 Å². The van der Waals surface area contributed by atoms with Crippen molar-refractivity contribution in [1.82, 2.24) is 0 Å². The fraction of sp³-hybridized carbons (Fsp3) is 0.154. The second kappa shape index (κ2) is 5.82. The number of hydrogen-bond donors (Lipinski definition) is 0. The SMILES string of the molecule is COC(=O)/C=C1\[Se]C(c2ccc(OC)cc2)=NC1=O. The quantitative estimate of drug-likeness (QED) is 0.467. The van der Waals surface area contributed by atoms with Crippen LogP contribution in [-0.2, 0) is 14.3 Å². The zero-order valence-corrected chi connectivity index (χ0v) is 12.1. The minimum atomic E-state index is -0.531. The summed E-state index contributed by atoms with van der Waals surface area (Å²) in [7, 11) is 2.86. The van der Waals surface area contributed by atoms with E-state index in [1.807, 2.05) is 12.1 Å². The maximum atomic E-state index is 11.7. The molecule has 1 aromatic rings. The van der Waals surface area contributed by atoms with E-state index in [1.165, 1.54) is 13.2 Å². The Morgan fingerprint density at radius 1 is 1.26 bits per heavy atom. The second-order valence-electron chi connectivity index (χ2n) is 3.58. The standard InChI is InChI=1S/C13H11NO4Se/c1-17-9-5-3-8(4-6-9)13-14-12(16)10(19-13)7-11(15)18-2/h3-7H,1-2H3/b10-7-. The summed E-state index contributed by atoms with van der Waals surface area (Å²) in [6.07, 6.45) is 1.21. The van der Waals surface area contributed by atoms with Crippen LogP contribution >= 0.6 is 0 Å². The van der Waals surface area contributed by atoms with Crippen LogP contribution in [0.2, 0.25) is 0 Å². The Bertz CT molecular complexity index is 575. The number of ether oxygens (including phenoxy) is 2. The molecule has 1 aliphatic heterocycles. The van der Waals surface area contributed by atoms with E-state index in [-0.39, 0.29) is 20.9 Å². The van der Waals surface area contributed by atoms with Gasteiger partial charge in [0.25, 0.3) is 0 Å². The number of esters is 1. The zero-order valence-electron chi connectivity index (χ0n) is 10.4. The molecule has 0 radical (unpaired) electrons. The molecule has 0 unspecified atom stereocenters. The molecule has 0 spiro atoms. The van der Waals surface area contributed by atoms with Gasteiger partial charge >= 0.3 is 116 Å². The molecule has 0 aromatic heterocycles. The van der Waals surface area contributed by atoms with E-state index in [0.717, 1.165) is 11.3 Å². The van der Waals surface area contributed by atoms with Crippen LogP contribution in [-0.4, -0.2) is 45.7 Å². The van der Waals surface area contributed by atoms with Crippen molar-refractivity contribution in [3.05, 3.63) is 40.4 Å². The fourth-order valence-corrected chi connectivity index (χ4v) is 3.28. The third kappa shape index (κ3) is 3.10. The van der Waals surface area contributed by atoms with E-state index >= 15 is 0 Å². The predicted octanol–water partition coefficient (Wildman–Crippen LogP) is 0.743. The van der Waals surface area contributed by atoms with Crippen LogP contribution < -0.4 is 4.74 Å². The molecule has 19 heavy (non-hydrogen) atoms. The normalized spacial score (nSPS) is 16.4. The Kier molecular flexibility index (Phi) is 4.14. The molecule has 1 aromatic carbocycles. The van der Waals surface area contributed by atoms with Crippen LogP contribution in [0.1, 0.15) is 5.56 Å². The minimum absolute atomic E-state index is 0.278. The molecule has 0 N–H and O–H groups in total. The summed E-state index contributed by atoms with van der Waals surface area (Å²) in [5.41, 5.74) is 0.863. The number of benzene rings is 1. The van der Waals surface area contributed by atoms with Crippen molar-refractivity contribution in [2.24, 2.45) is 4.99 Å². The molecule has 0 saturated heterocycles. The first-order valence-electron chi connectivity index (χ1n) is 5.39. The van der Waals surface area contributed by atoms with Crippen LogP contribution in [0.15, 0.2) is 39.8 Å². The van der Waals surface area contributed by atoms with Gasteiger partial charge in [0.15, 0.2) is 0 Å². The molecule has 5 nitrogen and oxygen atoms in total. The number of nitrogens with zero attached hydrogens (tertiary/aromatic N) is 1. The number of amides is 1. The molecule has 0 fully saturated rings. The second-order valence-corrected chi connectivity index (χ2v) is 5.75. The van der Waals surface area contributed by atoms with Crippen LogP contribution in [0.25, 0.3) is 0 Å². The molecular weight excluding hydrogens is 313 g/mol. The number of rotatable bonds is 3. The Hall–Kier alpha value is -1.91. The number of aliphatic imine (C=N–C) groups is 1. The number of carbonyl (C=O) groups excluding carboxylic acids is 2. The van der Waals surface area contributed by atoms with Gasteiger partial charge in [-0.1, -0.05) is 0 Å². The molecular formula is C13H11NO4Se. The maximum absolute atomic E-state index is 11.7. The first-order valence-corrected chi connectivity index (χ1v) is 7.10. The van der Waals surface area contributed by atoms with Gasteiger partial charge in [-0.3, -0.25) is 0 Å². The first kappa shape index (κ1) is 13.5. The van der Waals surface area contributed by atoms with Crippen LogP contribution in [0.3, 0.4) is 0 Å². The van der Waals surface area contributed by atoms with Gasteiger partial charge in [-0.15, -0.1) is 0 Å². The average molecular weight is 324 g/mol. The third-order valence-electron chi connectivity index (χ3n) is 2.41. The van der Waals surface area contributed by atoms with Crippen molar-refractivity contribution in [2.45, 2.75) is 0 Å². The first-order chi connectivity index (χ1) is 9.13. The molecule has 0 atom stereocenters. The molecule has 0 aliphatic carbocycles. The van der Waals surface area contributed by atoms with Crippen LogP contribution in [0.4, 0.5) is 0 Å². The zero-order chi connectivity index (χ0) is 13.8. The molecule has 6 heteroatoms. The molecule has 1 amide bonds. The molecule has 0 saturated carbocycles. The van der Waals surface area contributed by atoms with Crippen molar-refractivity contribution in [3.8, 4) is 5.75 Å².